The highest BCUT2D eigenvalue weighted by Crippen LogP contribution is 2.20. The summed E-state index contributed by atoms with van der Waals surface area (Å²) in [5.41, 5.74) is 0. The molecule has 2 heterocycles. The number of hydrogen-bond acceptors (Lipinski definition) is 5. The summed E-state index contributed by atoms with van der Waals surface area (Å²) in [6.07, 6.45) is 2.74. The first-order valence-electron chi connectivity index (χ1n) is 6.22. The van der Waals surface area contributed by atoms with Crippen LogP contribution in [0.1, 0.15) is 19.8 Å². The number of nitrogens with zero attached hydrogens (tertiary/aromatic N) is 2. The standard InChI is InChI=1S/C11H17N3O4S/c1-2-19(16,17)14-6-3-4-9(8-14)11(15)12-10-5-7-18-13-10/h5,7,9H,2-4,6,8H2,1H3,(H,12,13,15)/t9-/m0/s1. The molecule has 1 N–H and O–H groups in total. The van der Waals surface area contributed by atoms with Crippen molar-refractivity contribution in [1.82, 2.24) is 9.46 Å². The van der Waals surface area contributed by atoms with Gasteiger partial charge in [-0.1, -0.05) is 5.16 Å². The van der Waals surface area contributed by atoms with Gasteiger partial charge in [0.05, 0.1) is 11.7 Å². The zero-order chi connectivity index (χ0) is 13.9. The van der Waals surface area contributed by atoms with Gasteiger partial charge in [-0.2, -0.15) is 0 Å². The monoisotopic (exact) mass is 287 g/mol. The predicted molar refractivity (Wildman–Crippen MR) is 68.9 cm³/mol. The van der Waals surface area contributed by atoms with Crippen molar-refractivity contribution in [3.05, 3.63) is 12.3 Å². The van der Waals surface area contributed by atoms with Gasteiger partial charge < -0.3 is 9.84 Å². The van der Waals surface area contributed by atoms with Crippen LogP contribution in [-0.4, -0.2) is 42.6 Å². The van der Waals surface area contributed by atoms with E-state index in [2.05, 4.69) is 15.0 Å². The number of rotatable bonds is 4. The predicted octanol–water partition coefficient (Wildman–Crippen LogP) is 0.675. The van der Waals surface area contributed by atoms with Crippen LogP contribution in [-0.2, 0) is 14.8 Å². The molecular formula is C11H17N3O4S. The summed E-state index contributed by atoms with van der Waals surface area (Å²) in [6.45, 7) is 2.33. The molecule has 0 unspecified atom stereocenters. The number of sulfonamides is 1. The summed E-state index contributed by atoms with van der Waals surface area (Å²) >= 11 is 0. The average Bonchev–Trinajstić information content (AvgIpc) is 2.91. The van der Waals surface area contributed by atoms with Crippen molar-refractivity contribution in [3.63, 3.8) is 0 Å². The normalized spacial score (nSPS) is 21.2. The van der Waals surface area contributed by atoms with E-state index in [9.17, 15) is 13.2 Å². The third-order valence-electron chi connectivity index (χ3n) is 3.20. The summed E-state index contributed by atoms with van der Waals surface area (Å²) < 4.78 is 29.6. The van der Waals surface area contributed by atoms with Crippen LogP contribution >= 0.6 is 0 Å². The second-order valence-corrected chi connectivity index (χ2v) is 6.73. The molecule has 0 aromatic carbocycles. The van der Waals surface area contributed by atoms with Crippen LogP contribution in [0, 0.1) is 5.92 Å². The second-order valence-electron chi connectivity index (χ2n) is 4.47. The first-order chi connectivity index (χ1) is 9.03. The van der Waals surface area contributed by atoms with Gasteiger partial charge in [0.25, 0.3) is 0 Å². The molecule has 1 amide bonds. The van der Waals surface area contributed by atoms with Gasteiger partial charge in [-0.3, -0.25) is 4.79 Å². The van der Waals surface area contributed by atoms with E-state index < -0.39 is 10.0 Å². The van der Waals surface area contributed by atoms with Gasteiger partial charge in [-0.15, -0.1) is 0 Å². The SMILES string of the molecule is CCS(=O)(=O)N1CCC[C@H](C(=O)Nc2ccon2)C1. The molecule has 7 nitrogen and oxygen atoms in total. The Hall–Kier alpha value is -1.41. The van der Waals surface area contributed by atoms with Gasteiger partial charge in [-0.05, 0) is 19.8 Å². The Labute approximate surface area is 112 Å². The Morgan fingerprint density at radius 2 is 2.42 bits per heavy atom. The number of piperidine rings is 1. The lowest BCUT2D eigenvalue weighted by Crippen LogP contribution is -2.44. The van der Waals surface area contributed by atoms with Crippen molar-refractivity contribution < 1.29 is 17.7 Å². The minimum absolute atomic E-state index is 0.0601. The van der Waals surface area contributed by atoms with Gasteiger partial charge in [0.15, 0.2) is 5.82 Å². The van der Waals surface area contributed by atoms with Gasteiger partial charge in [-0.25, -0.2) is 12.7 Å². The maximum absolute atomic E-state index is 12.0. The number of nitrogens with one attached hydrogen (secondary N) is 1. The van der Waals surface area contributed by atoms with Crippen molar-refractivity contribution in [2.75, 3.05) is 24.2 Å². The van der Waals surface area contributed by atoms with Crippen LogP contribution in [0.25, 0.3) is 0 Å². The maximum Gasteiger partial charge on any atom is 0.230 e. The highest BCUT2D eigenvalue weighted by molar-refractivity contribution is 7.89. The molecule has 0 spiro atoms. The molecule has 2 rings (SSSR count). The lowest BCUT2D eigenvalue weighted by atomic mass is 9.99. The minimum Gasteiger partial charge on any atom is -0.363 e. The van der Waals surface area contributed by atoms with Crippen molar-refractivity contribution >= 4 is 21.7 Å². The van der Waals surface area contributed by atoms with Gasteiger partial charge in [0.2, 0.25) is 15.9 Å². The highest BCUT2D eigenvalue weighted by atomic mass is 32.2. The first-order valence-corrected chi connectivity index (χ1v) is 7.83. The Balaban J connectivity index is 1.99. The van der Waals surface area contributed by atoms with Crippen LogP contribution in [0.15, 0.2) is 16.9 Å². The first kappa shape index (κ1) is 14.0. The van der Waals surface area contributed by atoms with E-state index in [4.69, 9.17) is 0 Å². The topological polar surface area (TPSA) is 92.5 Å². The lowest BCUT2D eigenvalue weighted by molar-refractivity contribution is -0.120. The molecule has 0 radical (unpaired) electrons. The molecule has 0 aliphatic carbocycles. The smallest absolute Gasteiger partial charge is 0.230 e. The molecule has 8 heteroatoms. The van der Waals surface area contributed by atoms with E-state index >= 15 is 0 Å². The molecule has 0 bridgehead atoms. The molecule has 19 heavy (non-hydrogen) atoms. The number of hydrogen-bond donors (Lipinski definition) is 1. The molecular weight excluding hydrogens is 270 g/mol. The van der Waals surface area contributed by atoms with Crippen molar-refractivity contribution in [2.24, 2.45) is 5.92 Å². The third kappa shape index (κ3) is 3.32. The third-order valence-corrected chi connectivity index (χ3v) is 5.05. The number of anilines is 1. The fraction of sp³-hybridized carbons (Fsp3) is 0.636. The Kier molecular flexibility index (Phi) is 4.20. The molecule has 1 aromatic heterocycles. The van der Waals surface area contributed by atoms with E-state index in [1.54, 1.807) is 13.0 Å². The zero-order valence-corrected chi connectivity index (χ0v) is 11.5. The van der Waals surface area contributed by atoms with Crippen molar-refractivity contribution in [1.29, 1.82) is 0 Å². The molecule has 1 saturated heterocycles. The Morgan fingerprint density at radius 3 is 3.05 bits per heavy atom. The van der Waals surface area contributed by atoms with Crippen LogP contribution in [0.3, 0.4) is 0 Å². The highest BCUT2D eigenvalue weighted by Gasteiger charge is 2.31. The quantitative estimate of drug-likeness (QED) is 0.879. The van der Waals surface area contributed by atoms with Gasteiger partial charge >= 0.3 is 0 Å². The number of amides is 1. The molecule has 1 aliphatic heterocycles. The molecule has 1 fully saturated rings. The Bertz CT molecular complexity index is 526. The Morgan fingerprint density at radius 1 is 1.63 bits per heavy atom. The van der Waals surface area contributed by atoms with E-state index in [0.717, 1.165) is 0 Å². The number of carbonyl (C=O) groups is 1. The van der Waals surface area contributed by atoms with E-state index in [-0.39, 0.29) is 24.1 Å². The van der Waals surface area contributed by atoms with E-state index in [1.807, 2.05) is 0 Å². The summed E-state index contributed by atoms with van der Waals surface area (Å²) in [5.74, 6) is -0.151. The maximum atomic E-state index is 12.0. The van der Waals surface area contributed by atoms with Crippen LogP contribution in [0.2, 0.25) is 0 Å². The van der Waals surface area contributed by atoms with Crippen molar-refractivity contribution in [2.45, 2.75) is 19.8 Å². The largest absolute Gasteiger partial charge is 0.363 e. The van der Waals surface area contributed by atoms with E-state index in [1.165, 1.54) is 10.6 Å². The molecule has 1 aliphatic rings. The van der Waals surface area contributed by atoms with Crippen LogP contribution in [0.4, 0.5) is 5.82 Å². The van der Waals surface area contributed by atoms with Gasteiger partial charge in [0, 0.05) is 19.2 Å². The number of carbonyl (C=O) groups excluding carboxylic acids is 1. The summed E-state index contributed by atoms with van der Waals surface area (Å²) in [7, 11) is -3.23. The lowest BCUT2D eigenvalue weighted by Gasteiger charge is -2.30. The van der Waals surface area contributed by atoms with Crippen molar-refractivity contribution in [3.8, 4) is 0 Å². The molecule has 1 atom stereocenters. The van der Waals surface area contributed by atoms with Crippen LogP contribution < -0.4 is 5.32 Å². The molecule has 0 saturated carbocycles. The zero-order valence-electron chi connectivity index (χ0n) is 10.7. The molecule has 1 aromatic rings. The number of aromatic nitrogens is 1. The summed E-state index contributed by atoms with van der Waals surface area (Å²) in [6, 6.07) is 1.54. The summed E-state index contributed by atoms with van der Waals surface area (Å²) in [4.78, 5) is 12.0. The van der Waals surface area contributed by atoms with Gasteiger partial charge in [0.1, 0.15) is 6.26 Å². The van der Waals surface area contributed by atoms with E-state index in [0.29, 0.717) is 25.2 Å². The minimum atomic E-state index is -3.23. The fourth-order valence-electron chi connectivity index (χ4n) is 2.10. The second kappa shape index (κ2) is 5.70. The fourth-order valence-corrected chi connectivity index (χ4v) is 3.28. The average molecular weight is 287 g/mol. The molecule has 106 valence electrons. The summed E-state index contributed by atoms with van der Waals surface area (Å²) in [5, 5.41) is 6.21. The van der Waals surface area contributed by atoms with Crippen LogP contribution in [0.5, 0.6) is 0 Å².